The van der Waals surface area contributed by atoms with Crippen LogP contribution >= 0.6 is 34.8 Å². The minimum Gasteiger partial charge on any atom is -0.388 e. The average Bonchev–Trinajstić information content (AvgIpc) is 1.85. The molecular weight excluding hydrogens is 214 g/mol. The zero-order valence-electron chi connectivity index (χ0n) is 5.35. The van der Waals surface area contributed by atoms with Crippen LogP contribution in [-0.2, 0) is 4.79 Å². The monoisotopic (exact) mass is 220 g/mol. The van der Waals surface area contributed by atoms with Crippen molar-refractivity contribution in [2.45, 2.75) is 16.3 Å². The molecule has 0 fully saturated rings. The Morgan fingerprint density at radius 3 is 2.36 bits per heavy atom. The van der Waals surface area contributed by atoms with Gasteiger partial charge in [-0.25, -0.2) is 5.84 Å². The van der Waals surface area contributed by atoms with Gasteiger partial charge >= 0.3 is 0 Å². The molecule has 1 amide bonds. The van der Waals surface area contributed by atoms with Crippen molar-refractivity contribution >= 4 is 40.7 Å². The number of carbonyl (C=O) groups is 1. The van der Waals surface area contributed by atoms with Crippen LogP contribution in [0.5, 0.6) is 0 Å². The largest absolute Gasteiger partial charge is 0.388 e. The number of hydrazine groups is 1. The number of alkyl halides is 3. The van der Waals surface area contributed by atoms with Gasteiger partial charge < -0.3 is 5.11 Å². The van der Waals surface area contributed by atoms with Crippen LogP contribution in [0.1, 0.15) is 6.42 Å². The Hall–Kier alpha value is 0.260. The van der Waals surface area contributed by atoms with Crippen LogP contribution in [0, 0.1) is 0 Å². The lowest BCUT2D eigenvalue weighted by Crippen LogP contribution is -2.36. The third kappa shape index (κ3) is 4.66. The SMILES string of the molecule is NNC(=O)C[C@@H](O)C(Cl)(Cl)Cl. The van der Waals surface area contributed by atoms with E-state index in [1.54, 1.807) is 5.43 Å². The molecule has 0 spiro atoms. The normalized spacial score (nSPS) is 14.3. The molecule has 0 aromatic carbocycles. The van der Waals surface area contributed by atoms with Gasteiger partial charge in [-0.3, -0.25) is 10.2 Å². The summed E-state index contributed by atoms with van der Waals surface area (Å²) in [6.07, 6.45) is -1.69. The molecule has 4 nitrogen and oxygen atoms in total. The summed E-state index contributed by atoms with van der Waals surface area (Å²) in [6.45, 7) is 0. The molecule has 0 aromatic heterocycles. The number of hydrogen-bond donors (Lipinski definition) is 3. The fourth-order valence-corrected chi connectivity index (χ4v) is 0.582. The molecule has 0 radical (unpaired) electrons. The van der Waals surface area contributed by atoms with E-state index in [1.165, 1.54) is 0 Å². The summed E-state index contributed by atoms with van der Waals surface area (Å²) in [5, 5.41) is 8.98. The minimum absolute atomic E-state index is 0.340. The topological polar surface area (TPSA) is 75.3 Å². The van der Waals surface area contributed by atoms with Crippen LogP contribution in [0.2, 0.25) is 0 Å². The molecule has 0 saturated carbocycles. The smallest absolute Gasteiger partial charge is 0.236 e. The van der Waals surface area contributed by atoms with Gasteiger partial charge in [-0.15, -0.1) is 0 Å². The summed E-state index contributed by atoms with van der Waals surface area (Å²) in [5.41, 5.74) is 1.79. The van der Waals surface area contributed by atoms with Gasteiger partial charge in [0, 0.05) is 0 Å². The number of carbonyl (C=O) groups excluding carboxylic acids is 1. The molecule has 11 heavy (non-hydrogen) atoms. The number of amides is 1. The van der Waals surface area contributed by atoms with Crippen LogP contribution < -0.4 is 11.3 Å². The number of halogens is 3. The number of aliphatic hydroxyl groups excluding tert-OH is 1. The molecule has 0 aromatic rings. The molecule has 0 rings (SSSR count). The van der Waals surface area contributed by atoms with Crippen LogP contribution in [0.25, 0.3) is 0 Å². The van der Waals surface area contributed by atoms with Crippen molar-refractivity contribution in [1.29, 1.82) is 0 Å². The van der Waals surface area contributed by atoms with E-state index in [9.17, 15) is 4.79 Å². The maximum absolute atomic E-state index is 10.5. The van der Waals surface area contributed by atoms with Crippen LogP contribution in [0.15, 0.2) is 0 Å². The fourth-order valence-electron chi connectivity index (χ4n) is 0.350. The summed E-state index contributed by atoms with van der Waals surface area (Å²) in [6, 6.07) is 0. The maximum atomic E-state index is 10.5. The van der Waals surface area contributed by atoms with E-state index >= 15 is 0 Å². The van der Waals surface area contributed by atoms with Gasteiger partial charge in [-0.1, -0.05) is 34.8 Å². The second kappa shape index (κ2) is 4.33. The van der Waals surface area contributed by atoms with Gasteiger partial charge in [-0.2, -0.15) is 0 Å². The Morgan fingerprint density at radius 2 is 2.09 bits per heavy atom. The first-order chi connectivity index (χ1) is 4.88. The van der Waals surface area contributed by atoms with E-state index < -0.39 is 15.8 Å². The van der Waals surface area contributed by atoms with Gasteiger partial charge in [0.2, 0.25) is 9.70 Å². The van der Waals surface area contributed by atoms with Gasteiger partial charge in [0.15, 0.2) is 0 Å². The third-order valence-electron chi connectivity index (χ3n) is 0.918. The van der Waals surface area contributed by atoms with Gasteiger partial charge in [0.1, 0.15) is 6.10 Å². The highest BCUT2D eigenvalue weighted by Crippen LogP contribution is 2.31. The lowest BCUT2D eigenvalue weighted by Gasteiger charge is -2.17. The Bertz CT molecular complexity index is 147. The Morgan fingerprint density at radius 1 is 1.64 bits per heavy atom. The van der Waals surface area contributed by atoms with E-state index in [0.29, 0.717) is 0 Å². The molecule has 7 heteroatoms. The Labute approximate surface area is 78.6 Å². The maximum Gasteiger partial charge on any atom is 0.236 e. The first kappa shape index (κ1) is 11.3. The summed E-state index contributed by atoms with van der Waals surface area (Å²) in [7, 11) is 0. The van der Waals surface area contributed by atoms with Crippen molar-refractivity contribution in [3.63, 3.8) is 0 Å². The number of nitrogens with one attached hydrogen (secondary N) is 1. The van der Waals surface area contributed by atoms with Crippen molar-refractivity contribution in [3.8, 4) is 0 Å². The Kier molecular flexibility index (Phi) is 4.43. The zero-order valence-corrected chi connectivity index (χ0v) is 7.62. The van der Waals surface area contributed by atoms with Gasteiger partial charge in [-0.05, 0) is 0 Å². The lowest BCUT2D eigenvalue weighted by molar-refractivity contribution is -0.123. The number of rotatable bonds is 2. The average molecular weight is 221 g/mol. The van der Waals surface area contributed by atoms with Crippen LogP contribution in [0.4, 0.5) is 0 Å². The van der Waals surface area contributed by atoms with Crippen molar-refractivity contribution in [1.82, 2.24) is 5.43 Å². The van der Waals surface area contributed by atoms with Gasteiger partial charge in [0.25, 0.3) is 0 Å². The highest BCUT2D eigenvalue weighted by atomic mass is 35.6. The molecule has 0 aliphatic heterocycles. The van der Waals surface area contributed by atoms with Crippen LogP contribution in [0.3, 0.4) is 0 Å². The molecular formula is C4H7Cl3N2O2. The summed E-state index contributed by atoms with van der Waals surface area (Å²) < 4.78 is -1.85. The molecule has 0 bridgehead atoms. The summed E-state index contributed by atoms with van der Waals surface area (Å²) in [4.78, 5) is 10.5. The highest BCUT2D eigenvalue weighted by Gasteiger charge is 2.32. The quantitative estimate of drug-likeness (QED) is 0.268. The second-order valence-electron chi connectivity index (χ2n) is 1.83. The minimum atomic E-state index is -1.85. The molecule has 1 atom stereocenters. The van der Waals surface area contributed by atoms with Crippen LogP contribution in [-0.4, -0.2) is 20.9 Å². The summed E-state index contributed by atoms with van der Waals surface area (Å²) >= 11 is 15.7. The third-order valence-corrected chi connectivity index (χ3v) is 1.67. The predicted octanol–water partition coefficient (Wildman–Crippen LogP) is 0.0975. The standard InChI is InChI=1S/C4H7Cl3N2O2/c5-4(6,7)2(10)1-3(11)9-8/h2,10H,1,8H2,(H,9,11)/t2-/m1/s1. The van der Waals surface area contributed by atoms with E-state index in [2.05, 4.69) is 0 Å². The molecule has 0 aliphatic rings. The van der Waals surface area contributed by atoms with Crippen molar-refractivity contribution in [2.24, 2.45) is 5.84 Å². The fraction of sp³-hybridized carbons (Fsp3) is 0.750. The summed E-state index contributed by atoms with van der Waals surface area (Å²) in [5.74, 6) is 4.13. The molecule has 4 N–H and O–H groups in total. The molecule has 0 aliphatic carbocycles. The van der Waals surface area contributed by atoms with E-state index in [0.717, 1.165) is 0 Å². The number of hydrogen-bond acceptors (Lipinski definition) is 3. The number of nitrogens with two attached hydrogens (primary N) is 1. The zero-order chi connectivity index (χ0) is 9.07. The molecule has 0 unspecified atom stereocenters. The molecule has 0 saturated heterocycles. The first-order valence-corrected chi connectivity index (χ1v) is 3.75. The Balaban J connectivity index is 3.87. The molecule has 0 heterocycles. The molecule has 66 valence electrons. The van der Waals surface area contributed by atoms with E-state index in [-0.39, 0.29) is 6.42 Å². The van der Waals surface area contributed by atoms with E-state index in [4.69, 9.17) is 45.8 Å². The highest BCUT2D eigenvalue weighted by molar-refractivity contribution is 6.68. The first-order valence-electron chi connectivity index (χ1n) is 2.62. The second-order valence-corrected chi connectivity index (χ2v) is 4.20. The van der Waals surface area contributed by atoms with Crippen molar-refractivity contribution in [2.75, 3.05) is 0 Å². The van der Waals surface area contributed by atoms with Crippen molar-refractivity contribution < 1.29 is 9.90 Å². The predicted molar refractivity (Wildman–Crippen MR) is 43.2 cm³/mol. The number of aliphatic hydroxyl groups is 1. The van der Waals surface area contributed by atoms with Crippen molar-refractivity contribution in [3.05, 3.63) is 0 Å². The lowest BCUT2D eigenvalue weighted by atomic mass is 10.3. The van der Waals surface area contributed by atoms with E-state index in [1.807, 2.05) is 0 Å². The van der Waals surface area contributed by atoms with Gasteiger partial charge in [0.05, 0.1) is 6.42 Å².